The molecule has 0 fully saturated rings. The molecule has 1 unspecified atom stereocenters. The Morgan fingerprint density at radius 3 is 2.32 bits per heavy atom. The van der Waals surface area contributed by atoms with Gasteiger partial charge in [0.15, 0.2) is 0 Å². The largest absolute Gasteiger partial charge is 0.481 e. The van der Waals surface area contributed by atoms with Gasteiger partial charge in [0.25, 0.3) is 0 Å². The molecule has 1 atom stereocenters. The van der Waals surface area contributed by atoms with E-state index in [0.29, 0.717) is 5.56 Å². The highest BCUT2D eigenvalue weighted by Crippen LogP contribution is 2.35. The third-order valence-corrected chi connectivity index (χ3v) is 4.85. The van der Waals surface area contributed by atoms with Crippen LogP contribution in [0.2, 0.25) is 0 Å². The third-order valence-electron chi connectivity index (χ3n) is 4.85. The number of carbonyl (C=O) groups is 1. The average molecular weight is 343 g/mol. The van der Waals surface area contributed by atoms with Crippen LogP contribution >= 0.6 is 0 Å². The van der Waals surface area contributed by atoms with E-state index in [1.54, 1.807) is 13.0 Å². The molecule has 3 nitrogen and oxygen atoms in total. The maximum atomic E-state index is 14.5. The van der Waals surface area contributed by atoms with Gasteiger partial charge in [-0.3, -0.25) is 4.79 Å². The van der Waals surface area contributed by atoms with E-state index in [1.165, 1.54) is 16.7 Å². The molecular formula is C21H26FNO2. The summed E-state index contributed by atoms with van der Waals surface area (Å²) in [4.78, 5) is 11.0. The molecule has 2 aromatic rings. The fourth-order valence-electron chi connectivity index (χ4n) is 3.72. The van der Waals surface area contributed by atoms with Crippen molar-refractivity contribution in [2.45, 2.75) is 53.5 Å². The van der Waals surface area contributed by atoms with Crippen molar-refractivity contribution >= 4 is 5.97 Å². The summed E-state index contributed by atoms with van der Waals surface area (Å²) >= 11 is 0. The molecule has 25 heavy (non-hydrogen) atoms. The summed E-state index contributed by atoms with van der Waals surface area (Å²) in [7, 11) is 0. The molecule has 0 aliphatic rings. The van der Waals surface area contributed by atoms with Gasteiger partial charge in [-0.15, -0.1) is 0 Å². The number of hydrogen-bond donors (Lipinski definition) is 2. The summed E-state index contributed by atoms with van der Waals surface area (Å²) in [6, 6.07) is 4.81. The Hall–Kier alpha value is -2.20. The van der Waals surface area contributed by atoms with Crippen LogP contribution in [0.5, 0.6) is 0 Å². The molecule has 2 aromatic carbocycles. The first-order valence-corrected chi connectivity index (χ1v) is 8.54. The van der Waals surface area contributed by atoms with Gasteiger partial charge in [-0.2, -0.15) is 0 Å². The Bertz CT molecular complexity index is 827. The third kappa shape index (κ3) is 3.74. The minimum absolute atomic E-state index is 0.259. The topological polar surface area (TPSA) is 63.3 Å². The molecule has 0 saturated carbocycles. The summed E-state index contributed by atoms with van der Waals surface area (Å²) in [5.74, 6) is -1.46. The summed E-state index contributed by atoms with van der Waals surface area (Å²) in [6.45, 7) is 10.1. The van der Waals surface area contributed by atoms with Crippen LogP contribution in [0.3, 0.4) is 0 Å². The minimum Gasteiger partial charge on any atom is -0.481 e. The summed E-state index contributed by atoms with van der Waals surface area (Å²) in [5, 5.41) is 8.98. The van der Waals surface area contributed by atoms with Crippen LogP contribution in [0, 0.1) is 33.5 Å². The van der Waals surface area contributed by atoms with Gasteiger partial charge in [-0.1, -0.05) is 13.0 Å². The standard InChI is InChI=1S/C21H26FNO2/c1-6-16-11(2)7-12(3)20(14(16)5)15-8-13(4)21(22)17(9-15)18(23)10-19(24)25/h7-9,18H,6,10,23H2,1-5H3,(H,24,25). The van der Waals surface area contributed by atoms with Gasteiger partial charge in [0.2, 0.25) is 0 Å². The Morgan fingerprint density at radius 1 is 1.12 bits per heavy atom. The average Bonchev–Trinajstić information content (AvgIpc) is 2.49. The maximum absolute atomic E-state index is 14.5. The molecule has 0 amide bonds. The predicted octanol–water partition coefficient (Wildman–Crippen LogP) is 4.76. The molecular weight excluding hydrogens is 317 g/mol. The molecule has 134 valence electrons. The lowest BCUT2D eigenvalue weighted by Crippen LogP contribution is -2.17. The zero-order chi connectivity index (χ0) is 18.9. The Labute approximate surface area is 148 Å². The second kappa shape index (κ2) is 7.36. The zero-order valence-electron chi connectivity index (χ0n) is 15.5. The number of nitrogens with two attached hydrogens (primary N) is 1. The van der Waals surface area contributed by atoms with E-state index in [0.717, 1.165) is 23.1 Å². The van der Waals surface area contributed by atoms with Gasteiger partial charge in [0.1, 0.15) is 5.82 Å². The molecule has 3 N–H and O–H groups in total. The summed E-state index contributed by atoms with van der Waals surface area (Å²) < 4.78 is 14.5. The van der Waals surface area contributed by atoms with Crippen molar-refractivity contribution in [1.82, 2.24) is 0 Å². The number of carboxylic acid groups (broad SMARTS) is 1. The lowest BCUT2D eigenvalue weighted by atomic mass is 9.86. The van der Waals surface area contributed by atoms with Crippen LogP contribution in [0.1, 0.15) is 52.8 Å². The lowest BCUT2D eigenvalue weighted by molar-refractivity contribution is -0.137. The van der Waals surface area contributed by atoms with E-state index in [4.69, 9.17) is 10.8 Å². The molecule has 0 aromatic heterocycles. The molecule has 0 radical (unpaired) electrons. The van der Waals surface area contributed by atoms with Crippen LogP contribution in [0.15, 0.2) is 18.2 Å². The fourth-order valence-corrected chi connectivity index (χ4v) is 3.72. The number of benzene rings is 2. The number of aliphatic carboxylic acids is 1. The van der Waals surface area contributed by atoms with Crippen molar-refractivity contribution in [1.29, 1.82) is 0 Å². The van der Waals surface area contributed by atoms with Crippen molar-refractivity contribution < 1.29 is 14.3 Å². The van der Waals surface area contributed by atoms with Gasteiger partial charge in [-0.05, 0) is 85.2 Å². The van der Waals surface area contributed by atoms with Gasteiger partial charge >= 0.3 is 5.97 Å². The first-order valence-electron chi connectivity index (χ1n) is 8.54. The highest BCUT2D eigenvalue weighted by Gasteiger charge is 2.20. The van der Waals surface area contributed by atoms with E-state index in [1.807, 2.05) is 13.0 Å². The van der Waals surface area contributed by atoms with Gasteiger partial charge in [0, 0.05) is 11.6 Å². The fraction of sp³-hybridized carbons (Fsp3) is 0.381. The Balaban J connectivity index is 2.69. The highest BCUT2D eigenvalue weighted by molar-refractivity contribution is 5.75. The quantitative estimate of drug-likeness (QED) is 0.822. The molecule has 0 heterocycles. The van der Waals surface area contributed by atoms with Gasteiger partial charge in [-0.25, -0.2) is 4.39 Å². The van der Waals surface area contributed by atoms with Crippen molar-refractivity contribution in [3.8, 4) is 11.1 Å². The monoisotopic (exact) mass is 343 g/mol. The second-order valence-corrected chi connectivity index (χ2v) is 6.74. The first-order chi connectivity index (χ1) is 11.7. The molecule has 4 heteroatoms. The van der Waals surface area contributed by atoms with Crippen molar-refractivity contribution in [3.05, 3.63) is 57.4 Å². The molecule has 0 bridgehead atoms. The number of halogens is 1. The Kier molecular flexibility index (Phi) is 5.63. The zero-order valence-corrected chi connectivity index (χ0v) is 15.5. The molecule has 0 aliphatic heterocycles. The molecule has 2 rings (SSSR count). The number of carboxylic acids is 1. The predicted molar refractivity (Wildman–Crippen MR) is 99.3 cm³/mol. The lowest BCUT2D eigenvalue weighted by Gasteiger charge is -2.20. The van der Waals surface area contributed by atoms with E-state index < -0.39 is 17.8 Å². The number of aryl methyl sites for hydroxylation is 3. The first kappa shape index (κ1) is 19.1. The second-order valence-electron chi connectivity index (χ2n) is 6.74. The van der Waals surface area contributed by atoms with Crippen LogP contribution in [0.4, 0.5) is 4.39 Å². The van der Waals surface area contributed by atoms with E-state index in [2.05, 4.69) is 26.8 Å². The van der Waals surface area contributed by atoms with Crippen LogP contribution in [-0.2, 0) is 11.2 Å². The highest BCUT2D eigenvalue weighted by atomic mass is 19.1. The van der Waals surface area contributed by atoms with Crippen LogP contribution < -0.4 is 5.73 Å². The smallest absolute Gasteiger partial charge is 0.305 e. The molecule has 0 aliphatic carbocycles. The van der Waals surface area contributed by atoms with Gasteiger partial charge < -0.3 is 10.8 Å². The SMILES string of the molecule is CCc1c(C)cc(C)c(-c2cc(C)c(F)c(C(N)CC(=O)O)c2)c1C. The van der Waals surface area contributed by atoms with Crippen molar-refractivity contribution in [2.75, 3.05) is 0 Å². The van der Waals surface area contributed by atoms with Crippen LogP contribution in [-0.4, -0.2) is 11.1 Å². The van der Waals surface area contributed by atoms with Crippen LogP contribution in [0.25, 0.3) is 11.1 Å². The summed E-state index contributed by atoms with van der Waals surface area (Å²) in [5.41, 5.74) is 13.5. The van der Waals surface area contributed by atoms with E-state index in [-0.39, 0.29) is 12.0 Å². The maximum Gasteiger partial charge on any atom is 0.305 e. The number of rotatable bonds is 5. The molecule has 0 saturated heterocycles. The summed E-state index contributed by atoms with van der Waals surface area (Å²) in [6.07, 6.45) is 0.627. The van der Waals surface area contributed by atoms with Crippen molar-refractivity contribution in [2.24, 2.45) is 5.73 Å². The van der Waals surface area contributed by atoms with E-state index in [9.17, 15) is 9.18 Å². The van der Waals surface area contributed by atoms with E-state index >= 15 is 0 Å². The van der Waals surface area contributed by atoms with Gasteiger partial charge in [0.05, 0.1) is 6.42 Å². The number of hydrogen-bond acceptors (Lipinski definition) is 2. The van der Waals surface area contributed by atoms with Crippen molar-refractivity contribution in [3.63, 3.8) is 0 Å². The minimum atomic E-state index is -1.04. The normalized spacial score (nSPS) is 12.3. The molecule has 0 spiro atoms. The Morgan fingerprint density at radius 2 is 1.76 bits per heavy atom.